The summed E-state index contributed by atoms with van der Waals surface area (Å²) in [4.78, 5) is 0. The smallest absolute Gasteiger partial charge is 0.0541 e. The largest absolute Gasteiger partial charge is 0.309 e. The van der Waals surface area contributed by atoms with Crippen LogP contribution in [0.4, 0.5) is 0 Å². The summed E-state index contributed by atoms with van der Waals surface area (Å²) in [7, 11) is 0. The van der Waals surface area contributed by atoms with Gasteiger partial charge in [0.1, 0.15) is 0 Å². The summed E-state index contributed by atoms with van der Waals surface area (Å²) in [6, 6.07) is 66.3. The highest BCUT2D eigenvalue weighted by Gasteiger charge is 2.16. The highest BCUT2D eigenvalue weighted by atomic mass is 15.0. The zero-order valence-electron chi connectivity index (χ0n) is 30.4. The van der Waals surface area contributed by atoms with Crippen LogP contribution in [-0.2, 0) is 0 Å². The normalized spacial score (nSPS) is 11.8. The van der Waals surface area contributed by atoms with Crippen LogP contribution in [0.2, 0.25) is 0 Å². The van der Waals surface area contributed by atoms with Crippen molar-refractivity contribution < 1.29 is 0 Å². The Bertz CT molecular complexity index is 2910. The molecule has 0 spiro atoms. The second kappa shape index (κ2) is 12.9. The van der Waals surface area contributed by atoms with Gasteiger partial charge in [-0.2, -0.15) is 0 Å². The highest BCUT2D eigenvalue weighted by Crippen LogP contribution is 2.37. The minimum absolute atomic E-state index is 1.17. The van der Waals surface area contributed by atoms with E-state index in [-0.39, 0.29) is 0 Å². The molecule has 8 aromatic carbocycles. The Kier molecular flexibility index (Phi) is 7.63. The first kappa shape index (κ1) is 31.8. The van der Waals surface area contributed by atoms with Crippen LogP contribution >= 0.6 is 0 Å². The molecule has 2 aromatic heterocycles. The monoisotopic (exact) mass is 690 g/mol. The molecule has 0 bridgehead atoms. The second-order valence-electron chi connectivity index (χ2n) is 14.4. The Morgan fingerprint density at radius 2 is 0.796 bits per heavy atom. The number of hydrogen-bond acceptors (Lipinski definition) is 0. The van der Waals surface area contributed by atoms with E-state index in [9.17, 15) is 0 Å². The zero-order chi connectivity index (χ0) is 36.2. The second-order valence-corrected chi connectivity index (χ2v) is 14.4. The summed E-state index contributed by atoms with van der Waals surface area (Å²) in [6.45, 7) is 4.34. The lowest BCUT2D eigenvalue weighted by molar-refractivity contribution is 1.18. The molecule has 2 heterocycles. The lowest BCUT2D eigenvalue weighted by Crippen LogP contribution is -1.97. The third-order valence-corrected chi connectivity index (χ3v) is 10.9. The average Bonchev–Trinajstić information content (AvgIpc) is 3.72. The quantitative estimate of drug-likeness (QED) is 0.154. The van der Waals surface area contributed by atoms with Crippen molar-refractivity contribution in [1.29, 1.82) is 0 Å². The number of hydrogen-bond donors (Lipinski definition) is 0. The first-order valence-electron chi connectivity index (χ1n) is 18.7. The van der Waals surface area contributed by atoms with Gasteiger partial charge in [0, 0.05) is 32.8 Å². The summed E-state index contributed by atoms with van der Waals surface area (Å²) < 4.78 is 4.79. The topological polar surface area (TPSA) is 9.86 Å². The van der Waals surface area contributed by atoms with Gasteiger partial charge in [-0.05, 0) is 96.3 Å². The molecule has 2 nitrogen and oxygen atoms in total. The molecule has 0 radical (unpaired) electrons. The van der Waals surface area contributed by atoms with Crippen molar-refractivity contribution in [2.45, 2.75) is 13.8 Å². The van der Waals surface area contributed by atoms with Gasteiger partial charge in [-0.15, -0.1) is 0 Å². The van der Waals surface area contributed by atoms with E-state index in [0.29, 0.717) is 0 Å². The molecule has 0 saturated carbocycles. The summed E-state index contributed by atoms with van der Waals surface area (Å²) in [6.07, 6.45) is 4.39. The maximum atomic E-state index is 2.43. The van der Waals surface area contributed by atoms with Crippen molar-refractivity contribution in [3.63, 3.8) is 0 Å². The average molecular weight is 691 g/mol. The zero-order valence-corrected chi connectivity index (χ0v) is 30.4. The van der Waals surface area contributed by atoms with Crippen LogP contribution < -0.4 is 0 Å². The van der Waals surface area contributed by atoms with Crippen LogP contribution in [0.25, 0.3) is 89.4 Å². The molecular weight excluding hydrogens is 653 g/mol. The molecule has 0 amide bonds. The fourth-order valence-electron chi connectivity index (χ4n) is 8.18. The minimum Gasteiger partial charge on any atom is -0.309 e. The van der Waals surface area contributed by atoms with Gasteiger partial charge in [0.25, 0.3) is 0 Å². The van der Waals surface area contributed by atoms with Gasteiger partial charge < -0.3 is 9.13 Å². The molecule has 2 heteroatoms. The lowest BCUT2D eigenvalue weighted by Gasteiger charge is -2.14. The van der Waals surface area contributed by atoms with E-state index in [2.05, 4.69) is 217 Å². The van der Waals surface area contributed by atoms with Gasteiger partial charge in [-0.1, -0.05) is 151 Å². The predicted molar refractivity (Wildman–Crippen MR) is 231 cm³/mol. The molecule has 0 aliphatic heterocycles. The SMILES string of the molecule is Cc1ccc2c(c1)c1cc(C)ccc1n2-c1ccccc1-c1ccc(/C=C/c2ccc(-c3ccc(-n4c5ccccc5c5ccccc54)cc3)cc2)cc1. The maximum Gasteiger partial charge on any atom is 0.0541 e. The van der Waals surface area contributed by atoms with Crippen molar-refractivity contribution in [1.82, 2.24) is 9.13 Å². The molecule has 0 saturated heterocycles. The predicted octanol–water partition coefficient (Wildman–Crippen LogP) is 14.0. The highest BCUT2D eigenvalue weighted by molar-refractivity contribution is 6.11. The number of rotatable bonds is 6. The van der Waals surface area contributed by atoms with E-state index in [4.69, 9.17) is 0 Å². The Morgan fingerprint density at radius 1 is 0.352 bits per heavy atom. The molecule has 0 atom stereocenters. The van der Waals surface area contributed by atoms with Crippen LogP contribution in [0.5, 0.6) is 0 Å². The van der Waals surface area contributed by atoms with E-state index in [1.54, 1.807) is 0 Å². The third kappa shape index (κ3) is 5.43. The van der Waals surface area contributed by atoms with Gasteiger partial charge >= 0.3 is 0 Å². The minimum atomic E-state index is 1.17. The van der Waals surface area contributed by atoms with Gasteiger partial charge in [0.15, 0.2) is 0 Å². The van der Waals surface area contributed by atoms with Crippen molar-refractivity contribution in [2.24, 2.45) is 0 Å². The van der Waals surface area contributed by atoms with E-state index in [0.717, 1.165) is 0 Å². The summed E-state index contributed by atoms with van der Waals surface area (Å²) >= 11 is 0. The van der Waals surface area contributed by atoms with Crippen LogP contribution in [0.1, 0.15) is 22.3 Å². The summed E-state index contributed by atoms with van der Waals surface area (Å²) in [5, 5.41) is 5.15. The van der Waals surface area contributed by atoms with Gasteiger partial charge in [0.2, 0.25) is 0 Å². The molecule has 0 N–H and O–H groups in total. The molecule has 256 valence electrons. The van der Waals surface area contributed by atoms with E-state index in [1.807, 2.05) is 0 Å². The van der Waals surface area contributed by atoms with Crippen LogP contribution in [0.3, 0.4) is 0 Å². The molecule has 0 aliphatic rings. The van der Waals surface area contributed by atoms with Crippen LogP contribution in [0, 0.1) is 13.8 Å². The number of nitrogens with zero attached hydrogens (tertiary/aromatic N) is 2. The third-order valence-electron chi connectivity index (χ3n) is 10.9. The van der Waals surface area contributed by atoms with Crippen molar-refractivity contribution in [3.8, 4) is 33.6 Å². The lowest BCUT2D eigenvalue weighted by atomic mass is 10.0. The number of benzene rings is 8. The Labute approximate surface area is 315 Å². The molecule has 10 rings (SSSR count). The van der Waals surface area contributed by atoms with Crippen molar-refractivity contribution in [2.75, 3.05) is 0 Å². The van der Waals surface area contributed by atoms with Crippen LogP contribution in [-0.4, -0.2) is 9.13 Å². The van der Waals surface area contributed by atoms with Gasteiger partial charge in [0.05, 0.1) is 27.8 Å². The molecule has 0 aliphatic carbocycles. The van der Waals surface area contributed by atoms with E-state index < -0.39 is 0 Å². The van der Waals surface area contributed by atoms with Crippen LogP contribution in [0.15, 0.2) is 182 Å². The van der Waals surface area contributed by atoms with Crippen molar-refractivity contribution in [3.05, 3.63) is 204 Å². The first-order valence-corrected chi connectivity index (χ1v) is 18.7. The first-order chi connectivity index (χ1) is 26.6. The van der Waals surface area contributed by atoms with E-state index >= 15 is 0 Å². The number of para-hydroxylation sites is 3. The number of aromatic nitrogens is 2. The number of fused-ring (bicyclic) bond motifs is 6. The Hall–Kier alpha value is -6.90. The fraction of sp³-hybridized carbons (Fsp3) is 0.0385. The summed E-state index contributed by atoms with van der Waals surface area (Å²) in [5.74, 6) is 0. The molecular formula is C52H38N2. The maximum absolute atomic E-state index is 2.43. The number of aryl methyl sites for hydroxylation is 2. The molecule has 0 unspecified atom stereocenters. The fourth-order valence-corrected chi connectivity index (χ4v) is 8.18. The van der Waals surface area contributed by atoms with Gasteiger partial charge in [-0.25, -0.2) is 0 Å². The van der Waals surface area contributed by atoms with Gasteiger partial charge in [-0.3, -0.25) is 0 Å². The molecule has 10 aromatic rings. The van der Waals surface area contributed by atoms with Crippen molar-refractivity contribution >= 4 is 55.8 Å². The summed E-state index contributed by atoms with van der Waals surface area (Å²) in [5.41, 5.74) is 17.0. The van der Waals surface area contributed by atoms with E-state index in [1.165, 1.54) is 99.5 Å². The standard InChI is InChI=1S/C52H38N2/c1-35-15-31-51-46(33-35)47-34-36(2)16-32-52(47)54(51)48-12-6-3-9-43(48)41-25-21-38(22-26-41)18-17-37-19-23-39(24-20-37)40-27-29-42(30-28-40)53-49-13-7-4-10-44(49)45-11-5-8-14-50(45)53/h3-34H,1-2H3/b18-17+. The Morgan fingerprint density at radius 3 is 1.35 bits per heavy atom. The molecule has 54 heavy (non-hydrogen) atoms. The Balaban J connectivity index is 0.897. The molecule has 0 fully saturated rings.